The molecule has 1 atom stereocenters. The molecule has 0 heterocycles. The van der Waals surface area contributed by atoms with Crippen LogP contribution < -0.4 is 0 Å². The van der Waals surface area contributed by atoms with Crippen molar-refractivity contribution in [1.82, 2.24) is 0 Å². The quantitative estimate of drug-likeness (QED) is 0.593. The van der Waals surface area contributed by atoms with Gasteiger partial charge in [-0.15, -0.1) is 0 Å². The van der Waals surface area contributed by atoms with E-state index in [2.05, 4.69) is 4.74 Å². The molecule has 0 unspecified atom stereocenters. The van der Waals surface area contributed by atoms with Gasteiger partial charge >= 0.3 is 5.97 Å². The van der Waals surface area contributed by atoms with E-state index < -0.39 is 16.8 Å². The molecule has 1 aromatic carbocycles. The first-order chi connectivity index (χ1) is 7.63. The van der Waals surface area contributed by atoms with Crippen molar-refractivity contribution < 1.29 is 13.7 Å². The molecule has 16 heavy (non-hydrogen) atoms. The lowest BCUT2D eigenvalue weighted by molar-refractivity contribution is -0.134. The summed E-state index contributed by atoms with van der Waals surface area (Å²) < 4.78 is 15.7. The lowest BCUT2D eigenvalue weighted by atomic mass is 10.1. The molecule has 0 saturated carbocycles. The predicted octanol–water partition coefficient (Wildman–Crippen LogP) is 1.75. The number of hydrogen-bond donors (Lipinski definition) is 0. The van der Waals surface area contributed by atoms with E-state index in [-0.39, 0.29) is 0 Å². The van der Waals surface area contributed by atoms with Gasteiger partial charge in [0.1, 0.15) is 0 Å². The monoisotopic (exact) mass is 238 g/mol. The van der Waals surface area contributed by atoms with Gasteiger partial charge in [0.05, 0.1) is 7.11 Å². The number of esters is 1. The van der Waals surface area contributed by atoms with Crippen molar-refractivity contribution >= 4 is 22.8 Å². The van der Waals surface area contributed by atoms with Gasteiger partial charge in [-0.1, -0.05) is 24.3 Å². The molecule has 0 aliphatic rings. The second-order valence-electron chi connectivity index (χ2n) is 3.27. The summed E-state index contributed by atoms with van der Waals surface area (Å²) in [6.07, 6.45) is 4.69. The van der Waals surface area contributed by atoms with Crippen molar-refractivity contribution in [3.63, 3.8) is 0 Å². The van der Waals surface area contributed by atoms with Gasteiger partial charge in [-0.2, -0.15) is 0 Å². The van der Waals surface area contributed by atoms with Gasteiger partial charge in [0.15, 0.2) is 0 Å². The van der Waals surface area contributed by atoms with E-state index in [9.17, 15) is 9.00 Å². The first-order valence-corrected chi connectivity index (χ1v) is 6.50. The Labute approximate surface area is 97.6 Å². The molecule has 0 aliphatic heterocycles. The third-order valence-corrected chi connectivity index (χ3v) is 2.73. The van der Waals surface area contributed by atoms with Crippen LogP contribution in [0.1, 0.15) is 11.1 Å². The van der Waals surface area contributed by atoms with Crippen molar-refractivity contribution in [2.24, 2.45) is 0 Å². The molecule has 0 spiro atoms. The fraction of sp³-hybridized carbons (Fsp3) is 0.250. The second-order valence-corrected chi connectivity index (χ2v) is 4.71. The van der Waals surface area contributed by atoms with E-state index in [1.807, 2.05) is 24.3 Å². The van der Waals surface area contributed by atoms with Crippen molar-refractivity contribution in [3.8, 4) is 0 Å². The molecular formula is C12H14O3S. The molecule has 0 bridgehead atoms. The zero-order valence-corrected chi connectivity index (χ0v) is 10.1. The van der Waals surface area contributed by atoms with Gasteiger partial charge < -0.3 is 4.74 Å². The lowest BCUT2D eigenvalue weighted by Crippen LogP contribution is -1.96. The summed E-state index contributed by atoms with van der Waals surface area (Å²) in [7, 11) is 0.440. The Morgan fingerprint density at radius 2 is 2.12 bits per heavy atom. The number of methoxy groups -OCH3 is 1. The molecule has 0 aliphatic carbocycles. The standard InChI is InChI=1S/C12H14O3S/c1-15-12(13)8-7-10-5-3-4-6-11(10)9-16(2)14/h3-8H,9H2,1-2H3/b8-7+/t16-/m1/s1. The Kier molecular flexibility index (Phi) is 4.92. The first kappa shape index (κ1) is 12.6. The van der Waals surface area contributed by atoms with Gasteiger partial charge in [0.25, 0.3) is 0 Å². The summed E-state index contributed by atoms with van der Waals surface area (Å²) in [6, 6.07) is 7.54. The highest BCUT2D eigenvalue weighted by Crippen LogP contribution is 2.12. The van der Waals surface area contributed by atoms with Crippen LogP contribution in [0, 0.1) is 0 Å². The molecule has 0 aromatic heterocycles. The van der Waals surface area contributed by atoms with Crippen LogP contribution in [0.15, 0.2) is 30.3 Å². The third kappa shape index (κ3) is 3.98. The van der Waals surface area contributed by atoms with Crippen molar-refractivity contribution in [3.05, 3.63) is 41.5 Å². The molecule has 4 heteroatoms. The van der Waals surface area contributed by atoms with E-state index in [0.29, 0.717) is 5.75 Å². The van der Waals surface area contributed by atoms with E-state index in [0.717, 1.165) is 11.1 Å². The highest BCUT2D eigenvalue weighted by molar-refractivity contribution is 7.83. The molecule has 0 saturated heterocycles. The minimum atomic E-state index is -0.893. The topological polar surface area (TPSA) is 43.4 Å². The van der Waals surface area contributed by atoms with Crippen LogP contribution in [0.3, 0.4) is 0 Å². The van der Waals surface area contributed by atoms with Crippen LogP contribution >= 0.6 is 0 Å². The SMILES string of the molecule is COC(=O)/C=C/c1ccccc1C[S@@](C)=O. The van der Waals surface area contributed by atoms with Crippen LogP contribution in [0.2, 0.25) is 0 Å². The second kappa shape index (κ2) is 6.23. The summed E-state index contributed by atoms with van der Waals surface area (Å²) in [6.45, 7) is 0. The maximum Gasteiger partial charge on any atom is 0.330 e. The van der Waals surface area contributed by atoms with Crippen LogP contribution in [0.5, 0.6) is 0 Å². The average molecular weight is 238 g/mol. The van der Waals surface area contributed by atoms with E-state index in [1.54, 1.807) is 12.3 Å². The maximum atomic E-state index is 11.2. The summed E-state index contributed by atoms with van der Waals surface area (Å²) in [4.78, 5) is 10.9. The summed E-state index contributed by atoms with van der Waals surface area (Å²) in [5, 5.41) is 0. The summed E-state index contributed by atoms with van der Waals surface area (Å²) >= 11 is 0. The molecule has 3 nitrogen and oxygen atoms in total. The first-order valence-electron chi connectivity index (χ1n) is 4.77. The van der Waals surface area contributed by atoms with Gasteiger partial charge in [-0.25, -0.2) is 4.79 Å². The highest BCUT2D eigenvalue weighted by atomic mass is 32.2. The number of ether oxygens (including phenoxy) is 1. The van der Waals surface area contributed by atoms with E-state index in [4.69, 9.17) is 0 Å². The molecule has 1 rings (SSSR count). The Balaban J connectivity index is 2.90. The Hall–Kier alpha value is -1.42. The zero-order chi connectivity index (χ0) is 12.0. The van der Waals surface area contributed by atoms with Gasteiger partial charge in [-0.05, 0) is 17.2 Å². The average Bonchev–Trinajstić information content (AvgIpc) is 2.26. The van der Waals surface area contributed by atoms with Gasteiger partial charge in [0, 0.05) is 28.9 Å². The number of carbonyl (C=O) groups is 1. The molecule has 0 fully saturated rings. The molecule has 0 N–H and O–H groups in total. The number of hydrogen-bond acceptors (Lipinski definition) is 3. The van der Waals surface area contributed by atoms with E-state index >= 15 is 0 Å². The molecule has 0 amide bonds. The largest absolute Gasteiger partial charge is 0.466 e. The Bertz CT molecular complexity index is 424. The minimum absolute atomic E-state index is 0.396. The normalized spacial score (nSPS) is 12.6. The predicted molar refractivity (Wildman–Crippen MR) is 65.3 cm³/mol. The highest BCUT2D eigenvalue weighted by Gasteiger charge is 2.01. The van der Waals surface area contributed by atoms with Crippen LogP contribution in [-0.2, 0) is 26.1 Å². The number of rotatable bonds is 4. The van der Waals surface area contributed by atoms with Crippen LogP contribution in [0.4, 0.5) is 0 Å². The molecule has 0 radical (unpaired) electrons. The Morgan fingerprint density at radius 3 is 2.75 bits per heavy atom. The maximum absolute atomic E-state index is 11.2. The van der Waals surface area contributed by atoms with Crippen molar-refractivity contribution in [2.75, 3.05) is 13.4 Å². The number of carbonyl (C=O) groups excluding carboxylic acids is 1. The molecule has 86 valence electrons. The van der Waals surface area contributed by atoms with Crippen LogP contribution in [0.25, 0.3) is 6.08 Å². The van der Waals surface area contributed by atoms with Gasteiger partial charge in [0.2, 0.25) is 0 Å². The van der Waals surface area contributed by atoms with Crippen molar-refractivity contribution in [2.45, 2.75) is 5.75 Å². The molecule has 1 aromatic rings. The molecular weight excluding hydrogens is 224 g/mol. The third-order valence-electron chi connectivity index (χ3n) is 2.01. The lowest BCUT2D eigenvalue weighted by Gasteiger charge is -2.03. The zero-order valence-electron chi connectivity index (χ0n) is 9.30. The fourth-order valence-corrected chi connectivity index (χ4v) is 1.97. The van der Waals surface area contributed by atoms with Crippen LogP contribution in [-0.4, -0.2) is 23.5 Å². The van der Waals surface area contributed by atoms with Gasteiger partial charge in [-0.3, -0.25) is 4.21 Å². The number of benzene rings is 1. The van der Waals surface area contributed by atoms with Crippen molar-refractivity contribution in [1.29, 1.82) is 0 Å². The van der Waals surface area contributed by atoms with E-state index in [1.165, 1.54) is 13.2 Å². The summed E-state index contributed by atoms with van der Waals surface area (Å²) in [5.74, 6) is 0.0919. The summed E-state index contributed by atoms with van der Waals surface area (Å²) in [5.41, 5.74) is 1.85. The fourth-order valence-electron chi connectivity index (χ4n) is 1.27. The minimum Gasteiger partial charge on any atom is -0.466 e. The smallest absolute Gasteiger partial charge is 0.330 e. The Morgan fingerprint density at radius 1 is 1.44 bits per heavy atom.